The van der Waals surface area contributed by atoms with Crippen molar-refractivity contribution in [3.63, 3.8) is 0 Å². The molecule has 0 bridgehead atoms. The highest BCUT2D eigenvalue weighted by Gasteiger charge is 2.18. The fourth-order valence-corrected chi connectivity index (χ4v) is 2.22. The van der Waals surface area contributed by atoms with Crippen LogP contribution in [0, 0.1) is 18.6 Å². The number of nitrogens with zero attached hydrogens (tertiary/aromatic N) is 2. The zero-order valence-electron chi connectivity index (χ0n) is 11.2. The predicted molar refractivity (Wildman–Crippen MR) is 69.8 cm³/mol. The molecule has 0 fully saturated rings. The van der Waals surface area contributed by atoms with Crippen LogP contribution in [-0.4, -0.2) is 16.8 Å². The molecule has 0 saturated carbocycles. The molecule has 1 aromatic heterocycles. The molecule has 0 radical (unpaired) electrons. The minimum atomic E-state index is -0.820. The summed E-state index contributed by atoms with van der Waals surface area (Å²) in [5, 5.41) is 7.28. The molecule has 0 amide bonds. The summed E-state index contributed by atoms with van der Waals surface area (Å²) in [7, 11) is 3.58. The molecule has 0 aliphatic carbocycles. The van der Waals surface area contributed by atoms with Gasteiger partial charge in [0.1, 0.15) is 0 Å². The molecule has 0 aliphatic rings. The minimum Gasteiger partial charge on any atom is -0.313 e. The summed E-state index contributed by atoms with van der Waals surface area (Å²) >= 11 is 0. The first-order chi connectivity index (χ1) is 9.02. The largest absolute Gasteiger partial charge is 0.313 e. The van der Waals surface area contributed by atoms with Crippen molar-refractivity contribution in [2.75, 3.05) is 7.05 Å². The molecular weight excluding hydrogens is 248 g/mol. The molecule has 0 spiro atoms. The van der Waals surface area contributed by atoms with E-state index >= 15 is 0 Å². The fraction of sp³-hybridized carbons (Fsp3) is 0.357. The lowest BCUT2D eigenvalue weighted by molar-refractivity contribution is 0.469. The maximum atomic E-state index is 13.8. The summed E-state index contributed by atoms with van der Waals surface area (Å²) in [6.07, 6.45) is 0.550. The van der Waals surface area contributed by atoms with E-state index in [0.717, 1.165) is 17.5 Å². The van der Waals surface area contributed by atoms with Crippen molar-refractivity contribution >= 4 is 0 Å². The van der Waals surface area contributed by atoms with E-state index in [9.17, 15) is 8.78 Å². The smallest absolute Gasteiger partial charge is 0.163 e. The molecule has 5 heteroatoms. The van der Waals surface area contributed by atoms with Crippen molar-refractivity contribution in [1.82, 2.24) is 15.1 Å². The average Bonchev–Trinajstić information content (AvgIpc) is 2.68. The monoisotopic (exact) mass is 265 g/mol. The van der Waals surface area contributed by atoms with Gasteiger partial charge in [-0.3, -0.25) is 4.68 Å². The van der Waals surface area contributed by atoms with Crippen LogP contribution in [0.4, 0.5) is 8.78 Å². The molecule has 19 heavy (non-hydrogen) atoms. The van der Waals surface area contributed by atoms with Gasteiger partial charge in [-0.05, 0) is 26.1 Å². The number of aromatic nitrogens is 2. The normalized spacial score (nSPS) is 12.7. The Kier molecular flexibility index (Phi) is 3.95. The standard InChI is InChI=1S/C14H17F2N3/c1-9-7-10(19(3)18-9)8-13(17-2)11-5-4-6-12(15)14(11)16/h4-7,13,17H,8H2,1-3H3. The summed E-state index contributed by atoms with van der Waals surface area (Å²) < 4.78 is 28.8. The van der Waals surface area contributed by atoms with E-state index in [1.807, 2.05) is 20.0 Å². The molecule has 2 rings (SSSR count). The Morgan fingerprint density at radius 1 is 1.37 bits per heavy atom. The molecule has 0 saturated heterocycles. The van der Waals surface area contributed by atoms with Gasteiger partial charge in [-0.25, -0.2) is 8.78 Å². The number of aryl methyl sites for hydroxylation is 2. The molecule has 1 aromatic carbocycles. The van der Waals surface area contributed by atoms with Crippen LogP contribution in [0.5, 0.6) is 0 Å². The van der Waals surface area contributed by atoms with Crippen LogP contribution in [0.1, 0.15) is 23.0 Å². The van der Waals surface area contributed by atoms with Gasteiger partial charge < -0.3 is 5.32 Å². The molecule has 2 aromatic rings. The van der Waals surface area contributed by atoms with Gasteiger partial charge in [0.25, 0.3) is 0 Å². The zero-order valence-corrected chi connectivity index (χ0v) is 11.2. The lowest BCUT2D eigenvalue weighted by Gasteiger charge is -2.17. The second-order valence-corrected chi connectivity index (χ2v) is 4.59. The van der Waals surface area contributed by atoms with E-state index < -0.39 is 11.6 Å². The van der Waals surface area contributed by atoms with Crippen LogP contribution in [0.15, 0.2) is 24.3 Å². The predicted octanol–water partition coefficient (Wildman–Crippen LogP) is 2.51. The quantitative estimate of drug-likeness (QED) is 0.920. The van der Waals surface area contributed by atoms with Gasteiger partial charge in [-0.15, -0.1) is 0 Å². The topological polar surface area (TPSA) is 29.9 Å². The van der Waals surface area contributed by atoms with E-state index in [1.54, 1.807) is 17.8 Å². The molecular formula is C14H17F2N3. The first kappa shape index (κ1) is 13.7. The zero-order chi connectivity index (χ0) is 14.0. The first-order valence-corrected chi connectivity index (χ1v) is 6.13. The third-order valence-electron chi connectivity index (χ3n) is 3.22. The van der Waals surface area contributed by atoms with Crippen molar-refractivity contribution < 1.29 is 8.78 Å². The third kappa shape index (κ3) is 2.81. The number of halogens is 2. The Bertz CT molecular complexity index is 578. The van der Waals surface area contributed by atoms with E-state index in [1.165, 1.54) is 6.07 Å². The van der Waals surface area contributed by atoms with Crippen LogP contribution in [0.25, 0.3) is 0 Å². The van der Waals surface area contributed by atoms with Gasteiger partial charge in [-0.1, -0.05) is 12.1 Å². The number of rotatable bonds is 4. The lowest BCUT2D eigenvalue weighted by Crippen LogP contribution is -2.21. The van der Waals surface area contributed by atoms with Gasteiger partial charge in [-0.2, -0.15) is 5.10 Å². The minimum absolute atomic E-state index is 0.287. The van der Waals surface area contributed by atoms with Gasteiger partial charge in [0.2, 0.25) is 0 Å². The third-order valence-corrected chi connectivity index (χ3v) is 3.22. The summed E-state index contributed by atoms with van der Waals surface area (Å²) in [6, 6.07) is 5.90. The van der Waals surface area contributed by atoms with Gasteiger partial charge in [0, 0.05) is 30.8 Å². The second-order valence-electron chi connectivity index (χ2n) is 4.59. The SMILES string of the molecule is CNC(Cc1cc(C)nn1C)c1cccc(F)c1F. The van der Waals surface area contributed by atoms with Crippen molar-refractivity contribution in [1.29, 1.82) is 0 Å². The number of likely N-dealkylation sites (N-methyl/N-ethyl adjacent to an activating group) is 1. The number of benzene rings is 1. The highest BCUT2D eigenvalue weighted by molar-refractivity contribution is 5.24. The number of hydrogen-bond donors (Lipinski definition) is 1. The number of nitrogens with one attached hydrogen (secondary N) is 1. The van der Waals surface area contributed by atoms with Gasteiger partial charge in [0.15, 0.2) is 11.6 Å². The Hall–Kier alpha value is -1.75. The summed E-state index contributed by atoms with van der Waals surface area (Å²) in [4.78, 5) is 0. The van der Waals surface area contributed by atoms with Crippen LogP contribution < -0.4 is 5.32 Å². The lowest BCUT2D eigenvalue weighted by atomic mass is 10.0. The van der Waals surface area contributed by atoms with Crippen molar-refractivity contribution in [3.8, 4) is 0 Å². The Morgan fingerprint density at radius 2 is 2.11 bits per heavy atom. The second kappa shape index (κ2) is 5.48. The van der Waals surface area contributed by atoms with Crippen LogP contribution in [0.3, 0.4) is 0 Å². The summed E-state index contributed by atoms with van der Waals surface area (Å²) in [6.45, 7) is 1.90. The molecule has 102 valence electrons. The van der Waals surface area contributed by atoms with E-state index in [0.29, 0.717) is 12.0 Å². The van der Waals surface area contributed by atoms with Gasteiger partial charge >= 0.3 is 0 Å². The van der Waals surface area contributed by atoms with Crippen LogP contribution >= 0.6 is 0 Å². The number of hydrogen-bond acceptors (Lipinski definition) is 2. The van der Waals surface area contributed by atoms with E-state index in [-0.39, 0.29) is 6.04 Å². The average molecular weight is 265 g/mol. The molecule has 1 heterocycles. The Balaban J connectivity index is 2.30. The maximum absolute atomic E-state index is 13.8. The van der Waals surface area contributed by atoms with Crippen LogP contribution in [-0.2, 0) is 13.5 Å². The highest BCUT2D eigenvalue weighted by Crippen LogP contribution is 2.22. The highest BCUT2D eigenvalue weighted by atomic mass is 19.2. The summed E-state index contributed by atoms with van der Waals surface area (Å²) in [5.41, 5.74) is 2.22. The van der Waals surface area contributed by atoms with Crippen molar-refractivity contribution in [3.05, 3.63) is 52.9 Å². The van der Waals surface area contributed by atoms with E-state index in [2.05, 4.69) is 10.4 Å². The van der Waals surface area contributed by atoms with Crippen molar-refractivity contribution in [2.45, 2.75) is 19.4 Å². The maximum Gasteiger partial charge on any atom is 0.163 e. The summed E-state index contributed by atoms with van der Waals surface area (Å²) in [5.74, 6) is -1.61. The fourth-order valence-electron chi connectivity index (χ4n) is 2.22. The van der Waals surface area contributed by atoms with Crippen molar-refractivity contribution in [2.24, 2.45) is 7.05 Å². The van der Waals surface area contributed by atoms with Crippen LogP contribution in [0.2, 0.25) is 0 Å². The van der Waals surface area contributed by atoms with E-state index in [4.69, 9.17) is 0 Å². The molecule has 3 nitrogen and oxygen atoms in total. The van der Waals surface area contributed by atoms with Gasteiger partial charge in [0.05, 0.1) is 5.69 Å². The molecule has 1 atom stereocenters. The Morgan fingerprint density at radius 3 is 2.68 bits per heavy atom. The molecule has 1 N–H and O–H groups in total. The molecule has 1 unspecified atom stereocenters. The Labute approximate surface area is 111 Å². The molecule has 0 aliphatic heterocycles. The first-order valence-electron chi connectivity index (χ1n) is 6.13.